The maximum Gasteiger partial charge on any atom is 0.148 e. The Bertz CT molecular complexity index is 838. The van der Waals surface area contributed by atoms with Crippen LogP contribution >= 0.6 is 11.6 Å². The van der Waals surface area contributed by atoms with Crippen LogP contribution in [0, 0.1) is 11.8 Å². The lowest BCUT2D eigenvalue weighted by Crippen LogP contribution is -2.64. The number of aromatic amines is 1. The van der Waals surface area contributed by atoms with E-state index in [1.54, 1.807) is 0 Å². The summed E-state index contributed by atoms with van der Waals surface area (Å²) in [5.41, 5.74) is 2.73. The molecule has 0 radical (unpaired) electrons. The van der Waals surface area contributed by atoms with Crippen LogP contribution in [0.2, 0.25) is 5.02 Å². The topological polar surface area (TPSA) is 22.3 Å². The maximum atomic E-state index is 15.4. The molecule has 1 N–H and O–H groups in total. The van der Waals surface area contributed by atoms with Crippen LogP contribution in [0.5, 0.6) is 0 Å². The maximum absolute atomic E-state index is 15.4. The summed E-state index contributed by atoms with van der Waals surface area (Å²) >= 11 is 6.25. The second kappa shape index (κ2) is 7.62. The normalized spacial score (nSPS) is 22.8. The molecule has 2 aromatic rings. The number of benzene rings is 1. The van der Waals surface area contributed by atoms with Gasteiger partial charge in [0.25, 0.3) is 0 Å². The lowest BCUT2D eigenvalue weighted by atomic mass is 9.88. The van der Waals surface area contributed by atoms with Gasteiger partial charge in [-0.1, -0.05) is 39.3 Å². The quantitative estimate of drug-likeness (QED) is 0.690. The molecular formula is C23H33ClFN3. The van der Waals surface area contributed by atoms with Gasteiger partial charge in [-0.2, -0.15) is 0 Å². The highest BCUT2D eigenvalue weighted by Crippen LogP contribution is 2.40. The number of hydrogen-bond donors (Lipinski definition) is 1. The van der Waals surface area contributed by atoms with Gasteiger partial charge >= 0.3 is 0 Å². The van der Waals surface area contributed by atoms with E-state index in [1.807, 2.05) is 6.07 Å². The summed E-state index contributed by atoms with van der Waals surface area (Å²) in [6, 6.07) is 6.33. The molecule has 0 saturated carbocycles. The van der Waals surface area contributed by atoms with Crippen molar-refractivity contribution in [3.8, 4) is 0 Å². The number of alkyl halides is 1. The van der Waals surface area contributed by atoms with Gasteiger partial charge in [-0.25, -0.2) is 4.39 Å². The van der Waals surface area contributed by atoms with E-state index in [0.717, 1.165) is 36.5 Å². The fraction of sp³-hybridized carbons (Fsp3) is 0.652. The summed E-state index contributed by atoms with van der Waals surface area (Å²) in [7, 11) is 0. The van der Waals surface area contributed by atoms with Crippen molar-refractivity contribution in [1.82, 2.24) is 14.8 Å². The minimum Gasteiger partial charge on any atom is -0.357 e. The fourth-order valence-electron chi connectivity index (χ4n) is 5.16. The third-order valence-electron chi connectivity index (χ3n) is 6.14. The first kappa shape index (κ1) is 20.2. The molecule has 1 unspecified atom stereocenters. The van der Waals surface area contributed by atoms with Crippen LogP contribution in [0.3, 0.4) is 0 Å². The minimum absolute atomic E-state index is 0.252. The molecule has 0 amide bonds. The van der Waals surface area contributed by atoms with Crippen molar-refractivity contribution in [2.24, 2.45) is 11.8 Å². The molecule has 2 aliphatic rings. The first-order valence-electron chi connectivity index (χ1n) is 10.7. The van der Waals surface area contributed by atoms with Crippen LogP contribution in [-0.2, 0) is 6.42 Å². The van der Waals surface area contributed by atoms with Gasteiger partial charge in [0.05, 0.1) is 6.04 Å². The van der Waals surface area contributed by atoms with E-state index in [0.29, 0.717) is 31.5 Å². The number of H-pyrrole nitrogens is 1. The van der Waals surface area contributed by atoms with Crippen molar-refractivity contribution in [1.29, 1.82) is 0 Å². The van der Waals surface area contributed by atoms with Gasteiger partial charge < -0.3 is 4.98 Å². The summed E-state index contributed by atoms with van der Waals surface area (Å²) in [5.74, 6) is 1.15. The standard InChI is InChI=1S/C23H33ClFN3/c1-15(2)9-21-22-18(19-10-17(24)5-6-20(19)26-22)7-8-28(21)14-23(25)12-27(13-23)11-16(3)4/h5-6,10,15-16,21,26H,7-9,11-14H2,1-4H3. The Balaban J connectivity index is 1.57. The molecule has 0 spiro atoms. The van der Waals surface area contributed by atoms with Crippen LogP contribution in [0.25, 0.3) is 10.9 Å². The largest absolute Gasteiger partial charge is 0.357 e. The molecule has 1 aromatic carbocycles. The third kappa shape index (κ3) is 3.96. The SMILES string of the molecule is CC(C)CC1c2[nH]c3ccc(Cl)cc3c2CCN1CC1(F)CN(CC(C)C)C1. The predicted molar refractivity (Wildman–Crippen MR) is 116 cm³/mol. The lowest BCUT2D eigenvalue weighted by Gasteiger charge is -2.49. The smallest absolute Gasteiger partial charge is 0.148 e. The Morgan fingerprint density at radius 2 is 1.96 bits per heavy atom. The molecular weight excluding hydrogens is 373 g/mol. The Labute approximate surface area is 173 Å². The number of halogens is 2. The van der Waals surface area contributed by atoms with E-state index < -0.39 is 5.67 Å². The van der Waals surface area contributed by atoms with Crippen LogP contribution in [-0.4, -0.2) is 53.2 Å². The molecule has 1 saturated heterocycles. The van der Waals surface area contributed by atoms with E-state index in [9.17, 15) is 0 Å². The molecule has 1 atom stereocenters. The molecule has 1 fully saturated rings. The average molecular weight is 406 g/mol. The van der Waals surface area contributed by atoms with Crippen LogP contribution in [0.15, 0.2) is 18.2 Å². The number of aromatic nitrogens is 1. The summed E-state index contributed by atoms with van der Waals surface area (Å²) in [6.07, 6.45) is 2.00. The minimum atomic E-state index is -1.07. The number of nitrogens with zero attached hydrogens (tertiary/aromatic N) is 2. The van der Waals surface area contributed by atoms with Gasteiger partial charge in [-0.15, -0.1) is 0 Å². The highest BCUT2D eigenvalue weighted by Gasteiger charge is 2.46. The van der Waals surface area contributed by atoms with E-state index in [1.165, 1.54) is 16.6 Å². The monoisotopic (exact) mass is 405 g/mol. The first-order chi connectivity index (χ1) is 13.2. The van der Waals surface area contributed by atoms with Crippen molar-refractivity contribution >= 4 is 22.5 Å². The molecule has 4 rings (SSSR count). The Morgan fingerprint density at radius 1 is 1.21 bits per heavy atom. The van der Waals surface area contributed by atoms with Gasteiger partial charge in [0.1, 0.15) is 5.67 Å². The number of fused-ring (bicyclic) bond motifs is 3. The Hall–Kier alpha value is -1.10. The van der Waals surface area contributed by atoms with Gasteiger partial charge in [0.2, 0.25) is 0 Å². The van der Waals surface area contributed by atoms with Crippen molar-refractivity contribution in [2.75, 3.05) is 32.7 Å². The molecule has 0 aliphatic carbocycles. The second-order valence-corrected chi connectivity index (χ2v) is 10.2. The van der Waals surface area contributed by atoms with Crippen molar-refractivity contribution < 1.29 is 4.39 Å². The van der Waals surface area contributed by atoms with E-state index >= 15 is 4.39 Å². The second-order valence-electron chi connectivity index (χ2n) is 9.79. The van der Waals surface area contributed by atoms with Crippen LogP contribution in [0.1, 0.15) is 51.4 Å². The van der Waals surface area contributed by atoms with Crippen molar-refractivity contribution in [2.45, 2.75) is 52.2 Å². The van der Waals surface area contributed by atoms with Gasteiger partial charge in [-0.3, -0.25) is 9.80 Å². The lowest BCUT2D eigenvalue weighted by molar-refractivity contribution is -0.0677. The van der Waals surface area contributed by atoms with Gasteiger partial charge in [-0.05, 0) is 48.4 Å². The highest BCUT2D eigenvalue weighted by atomic mass is 35.5. The molecule has 2 aliphatic heterocycles. The van der Waals surface area contributed by atoms with E-state index in [4.69, 9.17) is 11.6 Å². The zero-order valence-corrected chi connectivity index (χ0v) is 18.3. The van der Waals surface area contributed by atoms with Crippen LogP contribution < -0.4 is 0 Å². The summed E-state index contributed by atoms with van der Waals surface area (Å²) in [5, 5.41) is 2.01. The third-order valence-corrected chi connectivity index (χ3v) is 6.38. The zero-order valence-electron chi connectivity index (χ0n) is 17.6. The predicted octanol–water partition coefficient (Wildman–Crippen LogP) is 5.45. The highest BCUT2D eigenvalue weighted by molar-refractivity contribution is 6.31. The fourth-order valence-corrected chi connectivity index (χ4v) is 5.33. The number of rotatable bonds is 6. The molecule has 5 heteroatoms. The van der Waals surface area contributed by atoms with Gasteiger partial charge in [0.15, 0.2) is 0 Å². The first-order valence-corrected chi connectivity index (χ1v) is 11.1. The number of hydrogen-bond acceptors (Lipinski definition) is 2. The summed E-state index contributed by atoms with van der Waals surface area (Å²) in [6.45, 7) is 12.5. The average Bonchev–Trinajstić information content (AvgIpc) is 2.93. The molecule has 1 aromatic heterocycles. The Kier molecular flexibility index (Phi) is 5.49. The summed E-state index contributed by atoms with van der Waals surface area (Å²) < 4.78 is 15.4. The molecule has 3 nitrogen and oxygen atoms in total. The Morgan fingerprint density at radius 3 is 2.64 bits per heavy atom. The van der Waals surface area contributed by atoms with Crippen LogP contribution in [0.4, 0.5) is 4.39 Å². The van der Waals surface area contributed by atoms with E-state index in [2.05, 4.69) is 54.6 Å². The molecule has 0 bridgehead atoms. The number of nitrogens with one attached hydrogen (secondary N) is 1. The molecule has 28 heavy (non-hydrogen) atoms. The number of likely N-dealkylation sites (tertiary alicyclic amines) is 1. The molecule has 154 valence electrons. The van der Waals surface area contributed by atoms with Crippen molar-refractivity contribution in [3.63, 3.8) is 0 Å². The van der Waals surface area contributed by atoms with E-state index in [-0.39, 0.29) is 6.04 Å². The zero-order chi connectivity index (χ0) is 20.1. The van der Waals surface area contributed by atoms with Crippen molar-refractivity contribution in [3.05, 3.63) is 34.5 Å². The summed E-state index contributed by atoms with van der Waals surface area (Å²) in [4.78, 5) is 8.30. The molecule has 3 heterocycles. The van der Waals surface area contributed by atoms with Gasteiger partial charge in [0, 0.05) is 54.3 Å².